The number of aliphatic hydroxyl groups excluding tert-OH is 3. The zero-order chi connectivity index (χ0) is 102. The number of hydrogen-bond donors (Lipinski definition) is 3. The van der Waals surface area contributed by atoms with Gasteiger partial charge in [0.2, 0.25) is 0 Å². The summed E-state index contributed by atoms with van der Waals surface area (Å²) in [4.78, 5) is 129. The van der Waals surface area contributed by atoms with Crippen LogP contribution < -0.4 is 14.7 Å². The van der Waals surface area contributed by atoms with E-state index in [2.05, 4.69) is 131 Å². The Kier molecular flexibility index (Phi) is 99.0. The van der Waals surface area contributed by atoms with Gasteiger partial charge in [-0.1, -0.05) is 178 Å². The molecule has 2 unspecified atom stereocenters. The molecule has 0 aromatic rings. The van der Waals surface area contributed by atoms with E-state index in [4.69, 9.17) is 50.6 Å². The van der Waals surface area contributed by atoms with E-state index < -0.39 is 34.1 Å². The lowest BCUT2D eigenvalue weighted by Gasteiger charge is -2.34. The van der Waals surface area contributed by atoms with E-state index in [0.717, 1.165) is 136 Å². The van der Waals surface area contributed by atoms with Crippen molar-refractivity contribution in [1.82, 2.24) is 0 Å². The smallest absolute Gasteiger partial charge is 0.316 e. The maximum Gasteiger partial charge on any atom is 0.316 e. The third kappa shape index (κ3) is 123. The Morgan fingerprint density at radius 1 is 0.321 bits per heavy atom. The fourth-order valence-electron chi connectivity index (χ4n) is 9.92. The Balaban J connectivity index is -0.000000222. The molecule has 0 spiro atoms. The minimum absolute atomic E-state index is 0.121. The summed E-state index contributed by atoms with van der Waals surface area (Å²) >= 11 is 8.99. The minimum atomic E-state index is -5.65. The van der Waals surface area contributed by atoms with E-state index in [1.165, 1.54) is 109 Å². The van der Waals surface area contributed by atoms with E-state index in [9.17, 15) is 67.0 Å². The van der Waals surface area contributed by atoms with Crippen LogP contribution in [0, 0.1) is 5.92 Å². The summed E-state index contributed by atoms with van der Waals surface area (Å²) in [6.07, 6.45) is 51.9. The van der Waals surface area contributed by atoms with Crippen LogP contribution in [0.3, 0.4) is 0 Å². The molecule has 0 rings (SSSR count). The molecule has 0 radical (unpaired) electrons. The second kappa shape index (κ2) is 93.2. The Morgan fingerprint density at radius 3 is 0.809 bits per heavy atom. The predicted octanol–water partition coefficient (Wildman–Crippen LogP) is 23.8. The van der Waals surface area contributed by atoms with Crippen molar-refractivity contribution in [3.8, 4) is 0 Å². The number of rotatable bonds is 56. The van der Waals surface area contributed by atoms with E-state index in [0.29, 0.717) is 77.3 Å². The van der Waals surface area contributed by atoms with Crippen LogP contribution in [-0.2, 0) is 84.8 Å². The van der Waals surface area contributed by atoms with Crippen LogP contribution in [0.15, 0.2) is 186 Å². The average molecular weight is 1970 g/mol. The SMILES string of the molecule is CC(=O)CC/C(C)=C/CC/C(C)=C/CCl.CC(=O)CC/C(C)=C/CC/C(C)=C/CO.CC(=O)CC/C(C)=C/CC/C(C)=C/COP(=O)([O-])OP(=O)([O-])[O-].CC(=O)OC/C=C(\C)CC/C=C(\C)CBr.CC(=O)OC/C=C(\C)CC/C=C(\C)CO.CC(=O)OC/C=C(\C)CCC=C(C)C.CC(C)=CCC/C(C)=C/CO.CCOC(=O)C(C/C(C)=C/CC/C(C)=C/COC(C)=O)C(C)=O. The largest absolute Gasteiger partial charge is 0.790 e. The highest BCUT2D eigenvalue weighted by Gasteiger charge is 2.25. The van der Waals surface area contributed by atoms with E-state index in [1.54, 1.807) is 27.7 Å². The van der Waals surface area contributed by atoms with Crippen molar-refractivity contribution in [2.45, 2.75) is 335 Å². The first-order valence-corrected chi connectivity index (χ1v) is 49.5. The van der Waals surface area contributed by atoms with Crippen molar-refractivity contribution in [2.24, 2.45) is 5.92 Å². The Bertz CT molecular complexity index is 3760. The molecule has 0 heterocycles. The van der Waals surface area contributed by atoms with Gasteiger partial charge >= 0.3 is 29.8 Å². The molecule has 0 fully saturated rings. The Morgan fingerprint density at radius 2 is 0.573 bits per heavy atom. The van der Waals surface area contributed by atoms with Crippen molar-refractivity contribution in [3.63, 3.8) is 0 Å². The topological polar surface area (TPSA) is 382 Å². The number of halogens is 2. The van der Waals surface area contributed by atoms with Crippen LogP contribution in [0.1, 0.15) is 335 Å². The first kappa shape index (κ1) is 139. The molecule has 24 nitrogen and oxygen atoms in total. The number of phosphoric ester groups is 1. The van der Waals surface area contributed by atoms with Crippen molar-refractivity contribution < 1.29 is 115 Å². The maximum absolute atomic E-state index is 11.8. The van der Waals surface area contributed by atoms with E-state index >= 15 is 0 Å². The summed E-state index contributed by atoms with van der Waals surface area (Å²) in [6, 6.07) is 0. The lowest BCUT2D eigenvalue weighted by molar-refractivity contribution is -0.339. The van der Waals surface area contributed by atoms with Crippen LogP contribution in [-0.4, -0.2) is 139 Å². The standard InChI is InChI=1S/C18H28O5.C13H21ClO.C13H24O8P2.C13H22O2.C12H19BrO2.C12H20O3.C12H20O2.C10H18O/c1-6-22-18(21)17(15(4)19)12-14(3)9-7-8-13(2)10-11-23-16(5)20;1-11(7-8-13(3)15)5-4-6-12(2)9-10-14;1-11(7-8-13(3)14)5-4-6-12(2)9-10-20-23(18,19)21-22(15,16)17;1-11(7-8-13(3)15)5-4-6-12(2)9-10-14;2*1-10(7-8-15-12(3)14)5-4-6-11(2)9-13;1-10(2)6-5-7-11(3)8-9-14-12(4)13;1-9(2)5-4-6-10(3)7-8-11/h9-10,17H,6-8,11-12H2,1-5H3;5,9H,4,6-8,10H2,1-3H3;5,9H,4,6-8,10H2,1-3H3,(H,18,19)(H2,15,16,17);5,9,14H,4,6-8,10H2,1-3H3;6-7H,4-5,8-9H2,1-3H3;6-7,13H,4-5,8-9H2,1-3H3;6,8H,5,7,9H2,1-4H3;5,7,11H,4,6,8H2,1-3H3/p-3/b13-10+,14-9+;3*11-5+,12-9+;2*10-7+,11-6+;11-8+;10-7+. The molecule has 0 aromatic heterocycles. The van der Waals surface area contributed by atoms with Gasteiger partial charge in [-0.25, -0.2) is 0 Å². The van der Waals surface area contributed by atoms with Crippen molar-refractivity contribution in [3.05, 3.63) is 186 Å². The molecule has 131 heavy (non-hydrogen) atoms. The number of ether oxygens (including phenoxy) is 5. The summed E-state index contributed by atoms with van der Waals surface area (Å²) in [5.74, 6) is -1.10. The monoisotopic (exact) mass is 1970 g/mol. The number of allylic oxidation sites excluding steroid dienone is 24. The highest BCUT2D eigenvalue weighted by molar-refractivity contribution is 9.09. The second-order valence-corrected chi connectivity index (χ2v) is 36.2. The predicted molar refractivity (Wildman–Crippen MR) is 535 cm³/mol. The number of phosphoric acid groups is 2. The van der Waals surface area contributed by atoms with Gasteiger partial charge in [0.05, 0.1) is 40.9 Å². The molecule has 0 bridgehead atoms. The second-order valence-electron chi connectivity index (χ2n) is 32.6. The number of ketones is 4. The van der Waals surface area contributed by atoms with Gasteiger partial charge in [-0.2, -0.15) is 0 Å². The summed E-state index contributed by atoms with van der Waals surface area (Å²) < 4.78 is 53.0. The van der Waals surface area contributed by atoms with E-state index in [1.807, 2.05) is 102 Å². The van der Waals surface area contributed by atoms with Crippen molar-refractivity contribution >= 4 is 96.2 Å². The van der Waals surface area contributed by atoms with Gasteiger partial charge in [0.25, 0.3) is 7.82 Å². The third-order valence-electron chi connectivity index (χ3n) is 18.1. The number of alkyl halides is 2. The number of carbonyl (C=O) groups excluding carboxylic acids is 9. The highest BCUT2D eigenvalue weighted by Crippen LogP contribution is 2.50. The zero-order valence-corrected chi connectivity index (χ0v) is 89.1. The fraction of sp³-hybridized carbons (Fsp3) is 0.602. The number of Topliss-reactive ketones (excluding diaryl/α,β-unsaturated/α-hetero) is 4. The first-order chi connectivity index (χ1) is 61.1. The molecule has 0 saturated carbocycles. The summed E-state index contributed by atoms with van der Waals surface area (Å²) in [5, 5.41) is 26.9. The summed E-state index contributed by atoms with van der Waals surface area (Å²) in [5.41, 5.74) is 19.2. The van der Waals surface area contributed by atoms with Crippen LogP contribution in [0.4, 0.5) is 0 Å². The van der Waals surface area contributed by atoms with Gasteiger partial charge in [0, 0.05) is 58.2 Å². The molecule has 3 N–H and O–H groups in total. The molecule has 752 valence electrons. The third-order valence-corrected chi connectivity index (χ3v) is 21.2. The zero-order valence-electron chi connectivity index (χ0n) is 84.9. The average Bonchev–Trinajstić information content (AvgIpc) is 0.965. The lowest BCUT2D eigenvalue weighted by atomic mass is 9.95. The van der Waals surface area contributed by atoms with Gasteiger partial charge in [-0.15, -0.1) is 11.6 Å². The van der Waals surface area contributed by atoms with E-state index in [-0.39, 0.29) is 73.4 Å². The van der Waals surface area contributed by atoms with Gasteiger partial charge in [-0.05, 0) is 312 Å². The van der Waals surface area contributed by atoms with Crippen LogP contribution in [0.5, 0.6) is 0 Å². The number of aliphatic hydroxyl groups is 3. The fourth-order valence-corrected chi connectivity index (χ4v) is 11.8. The van der Waals surface area contributed by atoms with Gasteiger partial charge in [0.1, 0.15) is 55.5 Å². The number of carbonyl (C=O) groups is 9. The van der Waals surface area contributed by atoms with Crippen LogP contribution >= 0.6 is 43.2 Å². The molecule has 28 heteroatoms. The molecule has 0 aliphatic carbocycles. The summed E-state index contributed by atoms with van der Waals surface area (Å²) in [6.45, 7) is 51.7. The Labute approximate surface area is 803 Å². The molecular weight excluding hydrogens is 1800 g/mol. The van der Waals surface area contributed by atoms with Crippen LogP contribution in [0.25, 0.3) is 0 Å². The maximum atomic E-state index is 11.8. The molecule has 0 aliphatic rings. The summed E-state index contributed by atoms with van der Waals surface area (Å²) in [7, 11) is -10.8. The molecule has 0 aromatic carbocycles. The normalized spacial score (nSPS) is 13.3. The molecular formula is C103H169BrClO24P2-3. The minimum Gasteiger partial charge on any atom is -0.790 e. The van der Waals surface area contributed by atoms with Gasteiger partial charge in [-0.3, -0.25) is 37.6 Å². The Hall–Kier alpha value is -7.22. The number of hydrogen-bond acceptors (Lipinski definition) is 24. The van der Waals surface area contributed by atoms with Crippen LogP contribution in [0.2, 0.25) is 0 Å². The molecule has 0 aliphatic heterocycles. The molecule has 0 amide bonds. The highest BCUT2D eigenvalue weighted by atomic mass is 79.9. The number of esters is 5. The van der Waals surface area contributed by atoms with Gasteiger partial charge < -0.3 is 77.2 Å². The van der Waals surface area contributed by atoms with Crippen molar-refractivity contribution in [2.75, 3.05) is 70.7 Å². The molecule has 2 atom stereocenters. The molecule has 0 saturated heterocycles. The van der Waals surface area contributed by atoms with Gasteiger partial charge in [0.15, 0.2) is 0 Å². The lowest BCUT2D eigenvalue weighted by Crippen LogP contribution is -2.24. The first-order valence-electron chi connectivity index (χ1n) is 44.9. The van der Waals surface area contributed by atoms with Crippen molar-refractivity contribution in [1.29, 1.82) is 0 Å². The quantitative estimate of drug-likeness (QED) is 0.0127.